The molecular weight excluding hydrogens is 438 g/mol. The largest absolute Gasteiger partial charge is 0.383 e. The van der Waals surface area contributed by atoms with Crippen molar-refractivity contribution in [3.8, 4) is 0 Å². The fourth-order valence-corrected chi connectivity index (χ4v) is 5.56. The van der Waals surface area contributed by atoms with E-state index in [1.165, 1.54) is 16.4 Å². The van der Waals surface area contributed by atoms with Gasteiger partial charge in [0.25, 0.3) is 10.0 Å². The molecule has 31 heavy (non-hydrogen) atoms. The summed E-state index contributed by atoms with van der Waals surface area (Å²) in [4.78, 5) is 8.42. The predicted molar refractivity (Wildman–Crippen MR) is 119 cm³/mol. The van der Waals surface area contributed by atoms with E-state index >= 15 is 0 Å². The highest BCUT2D eigenvalue weighted by atomic mass is 35.5. The minimum atomic E-state index is -3.83. The number of fused-ring (bicyclic) bond motifs is 2. The second-order valence-corrected chi connectivity index (χ2v) is 9.57. The van der Waals surface area contributed by atoms with Gasteiger partial charge in [0.1, 0.15) is 5.82 Å². The molecule has 0 radical (unpaired) electrons. The number of aromatic nitrogens is 4. The van der Waals surface area contributed by atoms with Gasteiger partial charge >= 0.3 is 0 Å². The highest BCUT2D eigenvalue weighted by Crippen LogP contribution is 2.36. The Morgan fingerprint density at radius 1 is 1.03 bits per heavy atom. The molecule has 0 bridgehead atoms. The summed E-state index contributed by atoms with van der Waals surface area (Å²) in [5, 5.41) is 5.47. The first-order valence-corrected chi connectivity index (χ1v) is 11.3. The smallest absolute Gasteiger partial charge is 0.264 e. The predicted octanol–water partition coefficient (Wildman–Crippen LogP) is 2.64. The fourth-order valence-electron chi connectivity index (χ4n) is 3.89. The number of anilines is 3. The van der Waals surface area contributed by atoms with E-state index in [1.54, 1.807) is 29.1 Å². The van der Waals surface area contributed by atoms with Crippen LogP contribution in [0.2, 0.25) is 5.02 Å². The van der Waals surface area contributed by atoms with Gasteiger partial charge < -0.3 is 11.5 Å². The maximum Gasteiger partial charge on any atom is 0.264 e. The molecule has 0 saturated heterocycles. The van der Waals surface area contributed by atoms with Crippen molar-refractivity contribution in [2.24, 2.45) is 0 Å². The normalized spacial score (nSPS) is 16.4. The lowest BCUT2D eigenvalue weighted by Crippen LogP contribution is -2.41. The number of sulfonamides is 1. The van der Waals surface area contributed by atoms with Gasteiger partial charge in [0.05, 0.1) is 34.8 Å². The zero-order valence-electron chi connectivity index (χ0n) is 16.2. The summed E-state index contributed by atoms with van der Waals surface area (Å²) in [6.07, 6.45) is 2.14. The molecule has 1 aliphatic rings. The van der Waals surface area contributed by atoms with Crippen molar-refractivity contribution in [3.05, 3.63) is 65.3 Å². The molecule has 0 aliphatic carbocycles. The summed E-state index contributed by atoms with van der Waals surface area (Å²) in [6, 6.07) is 13.2. The van der Waals surface area contributed by atoms with Crippen molar-refractivity contribution in [1.82, 2.24) is 19.7 Å². The van der Waals surface area contributed by atoms with Crippen LogP contribution < -0.4 is 15.8 Å². The maximum absolute atomic E-state index is 13.5. The van der Waals surface area contributed by atoms with Crippen molar-refractivity contribution >= 4 is 50.1 Å². The van der Waals surface area contributed by atoms with Crippen LogP contribution in [0.4, 0.5) is 17.5 Å². The topological polar surface area (TPSA) is 133 Å². The number of nitrogen functional groups attached to an aromatic ring is 2. The molecular formula is C20H18ClN7O2S. The molecule has 9 nitrogen and oxygen atoms in total. The third-order valence-electron chi connectivity index (χ3n) is 5.34. The van der Waals surface area contributed by atoms with E-state index in [1.807, 2.05) is 18.2 Å². The second-order valence-electron chi connectivity index (χ2n) is 7.27. The molecule has 158 valence electrons. The number of para-hydroxylation sites is 1. The van der Waals surface area contributed by atoms with Crippen molar-refractivity contribution in [2.45, 2.75) is 17.4 Å². The first-order valence-electron chi connectivity index (χ1n) is 9.47. The Morgan fingerprint density at radius 2 is 1.77 bits per heavy atom. The van der Waals surface area contributed by atoms with Crippen molar-refractivity contribution in [3.63, 3.8) is 0 Å². The van der Waals surface area contributed by atoms with E-state index in [0.29, 0.717) is 28.2 Å². The molecule has 0 amide bonds. The molecule has 5 rings (SSSR count). The van der Waals surface area contributed by atoms with E-state index in [4.69, 9.17) is 23.1 Å². The second kappa shape index (κ2) is 7.10. The van der Waals surface area contributed by atoms with Crippen LogP contribution >= 0.6 is 11.6 Å². The van der Waals surface area contributed by atoms with Crippen LogP contribution in [-0.4, -0.2) is 34.7 Å². The molecule has 1 aliphatic heterocycles. The van der Waals surface area contributed by atoms with Crippen molar-refractivity contribution in [1.29, 1.82) is 0 Å². The van der Waals surface area contributed by atoms with Crippen LogP contribution in [0.3, 0.4) is 0 Å². The molecule has 1 unspecified atom stereocenters. The number of nitrogens with zero attached hydrogens (tertiary/aromatic N) is 5. The van der Waals surface area contributed by atoms with E-state index < -0.39 is 10.0 Å². The molecule has 4 N–H and O–H groups in total. The number of benzene rings is 2. The van der Waals surface area contributed by atoms with Crippen LogP contribution in [0, 0.1) is 0 Å². The number of nitrogens with two attached hydrogens (primary N) is 2. The number of hydrogen-bond donors (Lipinski definition) is 2. The summed E-state index contributed by atoms with van der Waals surface area (Å²) in [5.41, 5.74) is 13.7. The Morgan fingerprint density at radius 3 is 2.55 bits per heavy atom. The van der Waals surface area contributed by atoms with Gasteiger partial charge in [0.2, 0.25) is 5.95 Å². The molecule has 3 heterocycles. The van der Waals surface area contributed by atoms with Gasteiger partial charge in [0, 0.05) is 5.02 Å². The Bertz CT molecular complexity index is 1400. The van der Waals surface area contributed by atoms with Gasteiger partial charge in [-0.15, -0.1) is 0 Å². The van der Waals surface area contributed by atoms with Gasteiger partial charge in [0.15, 0.2) is 5.65 Å². The summed E-state index contributed by atoms with van der Waals surface area (Å²) in [7, 11) is -3.83. The maximum atomic E-state index is 13.5. The van der Waals surface area contributed by atoms with E-state index in [9.17, 15) is 8.42 Å². The quantitative estimate of drug-likeness (QED) is 0.485. The first kappa shape index (κ1) is 19.6. The molecule has 2 aromatic heterocycles. The third kappa shape index (κ3) is 3.24. The minimum Gasteiger partial charge on any atom is -0.383 e. The average Bonchev–Trinajstić information content (AvgIpc) is 3.17. The fraction of sp³-hybridized carbons (Fsp3) is 0.150. The van der Waals surface area contributed by atoms with Gasteiger partial charge in [-0.2, -0.15) is 15.1 Å². The van der Waals surface area contributed by atoms with Crippen LogP contribution in [0.5, 0.6) is 0 Å². The lowest BCUT2D eigenvalue weighted by molar-refractivity contribution is 0.456. The molecule has 11 heteroatoms. The minimum absolute atomic E-state index is 0.0357. The monoisotopic (exact) mass is 455 g/mol. The van der Waals surface area contributed by atoms with Gasteiger partial charge in [-0.05, 0) is 42.3 Å². The summed E-state index contributed by atoms with van der Waals surface area (Å²) < 4.78 is 30.1. The molecule has 0 saturated carbocycles. The van der Waals surface area contributed by atoms with Gasteiger partial charge in [-0.25, -0.2) is 13.1 Å². The molecule has 4 aromatic rings. The Balaban J connectivity index is 1.63. The highest BCUT2D eigenvalue weighted by Gasteiger charge is 2.35. The number of hydrogen-bond acceptors (Lipinski definition) is 7. The number of rotatable bonds is 3. The number of halogens is 1. The van der Waals surface area contributed by atoms with Crippen molar-refractivity contribution in [2.75, 3.05) is 22.3 Å². The highest BCUT2D eigenvalue weighted by molar-refractivity contribution is 7.92. The molecule has 0 fully saturated rings. The summed E-state index contributed by atoms with van der Waals surface area (Å²) >= 11 is 5.95. The van der Waals surface area contributed by atoms with Crippen molar-refractivity contribution < 1.29 is 8.42 Å². The average molecular weight is 456 g/mol. The molecule has 2 aromatic carbocycles. The van der Waals surface area contributed by atoms with Crippen LogP contribution in [0.25, 0.3) is 11.0 Å². The lowest BCUT2D eigenvalue weighted by atomic mass is 10.00. The van der Waals surface area contributed by atoms with Crippen LogP contribution in [0.15, 0.2) is 59.6 Å². The lowest BCUT2D eigenvalue weighted by Gasteiger charge is -2.35. The standard InChI is InChI=1S/C20H18ClN7O2S/c21-13-5-7-15(8-6-13)31(29,30)27-11-14(9-12-3-1-2-4-17(12)27)28-19-16(10-24-28)18(22)25-20(23)26-19/h1-8,10,14H,9,11H2,(H4,22,23,25,26). The molecule has 1 atom stereocenters. The van der Waals surface area contributed by atoms with Crippen LogP contribution in [-0.2, 0) is 16.4 Å². The van der Waals surface area contributed by atoms with E-state index in [2.05, 4.69) is 15.1 Å². The molecule has 0 spiro atoms. The van der Waals surface area contributed by atoms with Gasteiger partial charge in [-0.1, -0.05) is 29.8 Å². The van der Waals surface area contributed by atoms with E-state index in [0.717, 1.165) is 5.56 Å². The Hall–Kier alpha value is -3.37. The summed E-state index contributed by atoms with van der Waals surface area (Å²) in [5.74, 6) is 0.268. The zero-order valence-corrected chi connectivity index (χ0v) is 17.8. The zero-order chi connectivity index (χ0) is 21.8. The van der Waals surface area contributed by atoms with Gasteiger partial charge in [-0.3, -0.25) is 4.31 Å². The van der Waals surface area contributed by atoms with Crippen LogP contribution in [0.1, 0.15) is 11.6 Å². The summed E-state index contributed by atoms with van der Waals surface area (Å²) in [6.45, 7) is 0.169. The third-order valence-corrected chi connectivity index (χ3v) is 7.39. The Labute approximate surface area is 183 Å². The first-order chi connectivity index (χ1) is 14.8. The van der Waals surface area contributed by atoms with E-state index in [-0.39, 0.29) is 29.2 Å². The SMILES string of the molecule is Nc1nc(N)c2cnn(C3Cc4ccccc4N(S(=O)(=O)c4ccc(Cl)cc4)C3)c2n1. The Kier molecular flexibility index (Phi) is 4.49.